The topological polar surface area (TPSA) is 148 Å². The van der Waals surface area contributed by atoms with E-state index in [9.17, 15) is 22.8 Å². The Morgan fingerprint density at radius 1 is 0.943 bits per heavy atom. The lowest BCUT2D eigenvalue weighted by Crippen LogP contribution is -2.43. The van der Waals surface area contributed by atoms with Gasteiger partial charge in [0.15, 0.2) is 0 Å². The van der Waals surface area contributed by atoms with Crippen LogP contribution in [0, 0.1) is 0 Å². The first-order valence-corrected chi connectivity index (χ1v) is 11.6. The lowest BCUT2D eigenvalue weighted by Gasteiger charge is -2.12. The van der Waals surface area contributed by atoms with Crippen LogP contribution in [0.2, 0.25) is 0 Å². The Kier molecular flexibility index (Phi) is 6.46. The van der Waals surface area contributed by atoms with Crippen molar-refractivity contribution < 1.29 is 22.7 Å². The van der Waals surface area contributed by atoms with Gasteiger partial charge in [0.1, 0.15) is 17.0 Å². The molecular formula is C23H19N5O6S. The molecule has 0 fully saturated rings. The second-order valence-electron chi connectivity index (χ2n) is 7.15. The SMILES string of the molecule is COc1ccccc1NS(=O)(=O)c1cccc(C(=O)NNC(=O)c2cnc3ccccn3c2=O)c1. The molecule has 12 heteroatoms. The van der Waals surface area contributed by atoms with Crippen molar-refractivity contribution in [2.45, 2.75) is 4.90 Å². The summed E-state index contributed by atoms with van der Waals surface area (Å²) in [7, 11) is -2.64. The first-order valence-electron chi connectivity index (χ1n) is 10.1. The smallest absolute Gasteiger partial charge is 0.276 e. The number of aromatic nitrogens is 2. The summed E-state index contributed by atoms with van der Waals surface area (Å²) in [6, 6.07) is 16.6. The van der Waals surface area contributed by atoms with Crippen LogP contribution in [0.4, 0.5) is 5.69 Å². The standard InChI is InChI=1S/C23H19N5O6S/c1-34-19-10-3-2-9-18(19)27-35(32,33)16-8-6-7-15(13-16)21(29)25-26-22(30)17-14-24-20-11-4-5-12-28(20)23(17)31/h2-14,27H,1H3,(H,25,29)(H,26,30). The van der Waals surface area contributed by atoms with Crippen LogP contribution in [-0.2, 0) is 10.0 Å². The number of fused-ring (bicyclic) bond motifs is 1. The minimum Gasteiger partial charge on any atom is -0.495 e. The van der Waals surface area contributed by atoms with Gasteiger partial charge in [-0.2, -0.15) is 0 Å². The Bertz CT molecular complexity index is 1600. The summed E-state index contributed by atoms with van der Waals surface area (Å²) in [5.41, 5.74) is 3.96. The normalized spacial score (nSPS) is 11.0. The fraction of sp³-hybridized carbons (Fsp3) is 0.0435. The number of nitrogens with one attached hydrogen (secondary N) is 3. The minimum absolute atomic E-state index is 0.0402. The van der Waals surface area contributed by atoms with E-state index in [-0.39, 0.29) is 21.7 Å². The van der Waals surface area contributed by atoms with Crippen LogP contribution in [0.3, 0.4) is 0 Å². The van der Waals surface area contributed by atoms with Gasteiger partial charge in [-0.3, -0.25) is 34.4 Å². The van der Waals surface area contributed by atoms with E-state index in [1.165, 1.54) is 42.0 Å². The number of rotatable bonds is 6. The molecular weight excluding hydrogens is 474 g/mol. The van der Waals surface area contributed by atoms with Crippen LogP contribution in [0.15, 0.2) is 88.8 Å². The molecule has 4 rings (SSSR count). The molecule has 178 valence electrons. The molecule has 2 amide bonds. The highest BCUT2D eigenvalue weighted by molar-refractivity contribution is 7.92. The number of pyridine rings is 1. The Hall–Kier alpha value is -4.71. The van der Waals surface area contributed by atoms with Gasteiger partial charge in [0.2, 0.25) is 0 Å². The number of sulfonamides is 1. The molecule has 0 aliphatic rings. The molecule has 0 aliphatic carbocycles. The summed E-state index contributed by atoms with van der Waals surface area (Å²) in [6.45, 7) is 0. The van der Waals surface area contributed by atoms with Crippen LogP contribution in [0.5, 0.6) is 5.75 Å². The van der Waals surface area contributed by atoms with Crippen LogP contribution < -0.4 is 25.9 Å². The van der Waals surface area contributed by atoms with Crippen molar-refractivity contribution in [1.29, 1.82) is 0 Å². The summed E-state index contributed by atoms with van der Waals surface area (Å²) in [5, 5.41) is 0. The van der Waals surface area contributed by atoms with Gasteiger partial charge in [0.05, 0.1) is 17.7 Å². The third-order valence-corrected chi connectivity index (χ3v) is 6.27. The van der Waals surface area contributed by atoms with Gasteiger partial charge >= 0.3 is 0 Å². The highest BCUT2D eigenvalue weighted by Crippen LogP contribution is 2.26. The number of para-hydroxylation sites is 2. The van der Waals surface area contributed by atoms with Gasteiger partial charge in [0, 0.05) is 18.0 Å². The molecule has 0 aliphatic heterocycles. The third-order valence-electron chi connectivity index (χ3n) is 4.91. The molecule has 35 heavy (non-hydrogen) atoms. The predicted octanol–water partition coefficient (Wildman–Crippen LogP) is 1.58. The Morgan fingerprint density at radius 3 is 2.49 bits per heavy atom. The second-order valence-corrected chi connectivity index (χ2v) is 8.83. The van der Waals surface area contributed by atoms with Gasteiger partial charge in [-0.05, 0) is 42.5 Å². The number of amides is 2. The fourth-order valence-corrected chi connectivity index (χ4v) is 4.29. The zero-order valence-corrected chi connectivity index (χ0v) is 19.1. The molecule has 0 saturated carbocycles. The van der Waals surface area contributed by atoms with Crippen LogP contribution in [-0.4, -0.2) is 36.7 Å². The van der Waals surface area contributed by atoms with Gasteiger partial charge in [-0.1, -0.05) is 24.3 Å². The average molecular weight is 494 g/mol. The number of methoxy groups -OCH3 is 1. The first-order chi connectivity index (χ1) is 16.8. The summed E-state index contributed by atoms with van der Waals surface area (Å²) in [6.07, 6.45) is 2.57. The van der Waals surface area contributed by atoms with Crippen molar-refractivity contribution in [2.75, 3.05) is 11.8 Å². The van der Waals surface area contributed by atoms with E-state index in [0.29, 0.717) is 11.4 Å². The molecule has 3 N–H and O–H groups in total. The molecule has 2 heterocycles. The number of nitrogens with zero attached hydrogens (tertiary/aromatic N) is 2. The molecule has 0 atom stereocenters. The number of carbonyl (C=O) groups excluding carboxylic acids is 2. The predicted molar refractivity (Wildman–Crippen MR) is 127 cm³/mol. The maximum Gasteiger partial charge on any atom is 0.276 e. The second kappa shape index (κ2) is 9.65. The number of carbonyl (C=O) groups is 2. The van der Waals surface area contributed by atoms with Crippen molar-refractivity contribution in [1.82, 2.24) is 20.2 Å². The third kappa shape index (κ3) is 4.96. The monoisotopic (exact) mass is 493 g/mol. The van der Waals surface area contributed by atoms with Crippen molar-refractivity contribution in [3.05, 3.63) is 101 Å². The average Bonchev–Trinajstić information content (AvgIpc) is 2.87. The fourth-order valence-electron chi connectivity index (χ4n) is 3.17. The molecule has 2 aromatic heterocycles. The van der Waals surface area contributed by atoms with Crippen LogP contribution >= 0.6 is 0 Å². The van der Waals surface area contributed by atoms with E-state index in [1.54, 1.807) is 36.4 Å². The lowest BCUT2D eigenvalue weighted by molar-refractivity contribution is 0.0845. The first kappa shape index (κ1) is 23.4. The Labute approximate surface area is 199 Å². The van der Waals surface area contributed by atoms with E-state index in [1.807, 2.05) is 0 Å². The van der Waals surface area contributed by atoms with E-state index in [0.717, 1.165) is 12.3 Å². The minimum atomic E-state index is -4.05. The van der Waals surface area contributed by atoms with E-state index in [4.69, 9.17) is 4.74 Å². The number of ether oxygens (including phenoxy) is 1. The lowest BCUT2D eigenvalue weighted by atomic mass is 10.2. The number of benzene rings is 2. The van der Waals surface area contributed by atoms with Crippen LogP contribution in [0.1, 0.15) is 20.7 Å². The molecule has 11 nitrogen and oxygen atoms in total. The molecule has 0 saturated heterocycles. The maximum absolute atomic E-state index is 12.8. The quantitative estimate of drug-likeness (QED) is 0.345. The molecule has 4 aromatic rings. The van der Waals surface area contributed by atoms with Gasteiger partial charge in [-0.25, -0.2) is 13.4 Å². The summed E-state index contributed by atoms with van der Waals surface area (Å²) in [5.74, 6) is -1.34. The highest BCUT2D eigenvalue weighted by Gasteiger charge is 2.19. The van der Waals surface area contributed by atoms with Crippen LogP contribution in [0.25, 0.3) is 5.65 Å². The van der Waals surface area contributed by atoms with E-state index in [2.05, 4.69) is 20.6 Å². The molecule has 0 spiro atoms. The zero-order chi connectivity index (χ0) is 25.0. The molecule has 0 unspecified atom stereocenters. The number of hydrogen-bond donors (Lipinski definition) is 3. The van der Waals surface area contributed by atoms with Gasteiger partial charge < -0.3 is 4.74 Å². The highest BCUT2D eigenvalue weighted by atomic mass is 32.2. The van der Waals surface area contributed by atoms with Crippen molar-refractivity contribution in [2.24, 2.45) is 0 Å². The number of hydrogen-bond acceptors (Lipinski definition) is 7. The van der Waals surface area contributed by atoms with Crippen molar-refractivity contribution in [3.63, 3.8) is 0 Å². The van der Waals surface area contributed by atoms with E-state index >= 15 is 0 Å². The largest absolute Gasteiger partial charge is 0.495 e. The van der Waals surface area contributed by atoms with Gasteiger partial charge in [-0.15, -0.1) is 0 Å². The Morgan fingerprint density at radius 2 is 1.69 bits per heavy atom. The zero-order valence-electron chi connectivity index (χ0n) is 18.3. The van der Waals surface area contributed by atoms with E-state index < -0.39 is 27.4 Å². The number of hydrazine groups is 1. The van der Waals surface area contributed by atoms with Crippen molar-refractivity contribution >= 4 is 33.2 Å². The summed E-state index contributed by atoms with van der Waals surface area (Å²) in [4.78, 5) is 41.4. The molecule has 0 radical (unpaired) electrons. The Balaban J connectivity index is 1.49. The molecule has 2 aromatic carbocycles. The van der Waals surface area contributed by atoms with Gasteiger partial charge in [0.25, 0.3) is 27.4 Å². The summed E-state index contributed by atoms with van der Waals surface area (Å²) >= 11 is 0. The summed E-state index contributed by atoms with van der Waals surface area (Å²) < 4.78 is 34.4. The van der Waals surface area contributed by atoms with Crippen molar-refractivity contribution in [3.8, 4) is 5.75 Å². The molecule has 0 bridgehead atoms. The maximum atomic E-state index is 12.8. The number of anilines is 1.